The molecule has 0 bridgehead atoms. The van der Waals surface area contributed by atoms with E-state index in [4.69, 9.17) is 4.74 Å². The van der Waals surface area contributed by atoms with Crippen molar-refractivity contribution in [3.8, 4) is 11.3 Å². The van der Waals surface area contributed by atoms with E-state index >= 15 is 0 Å². The topological polar surface area (TPSA) is 83.1 Å². The number of aromatic nitrogens is 3. The number of benzene rings is 1. The van der Waals surface area contributed by atoms with E-state index in [-0.39, 0.29) is 12.1 Å². The molecule has 1 aromatic carbocycles. The van der Waals surface area contributed by atoms with Crippen molar-refractivity contribution in [2.45, 2.75) is 24.9 Å². The fourth-order valence-electron chi connectivity index (χ4n) is 2.63. The molecule has 21 heavy (non-hydrogen) atoms. The van der Waals surface area contributed by atoms with E-state index in [1.54, 1.807) is 0 Å². The second kappa shape index (κ2) is 6.34. The molecule has 2 aromatic rings. The first-order valence-corrected chi connectivity index (χ1v) is 7.22. The Morgan fingerprint density at radius 3 is 2.67 bits per heavy atom. The molecule has 1 fully saturated rings. The van der Waals surface area contributed by atoms with Crippen LogP contribution in [0.3, 0.4) is 0 Å². The van der Waals surface area contributed by atoms with Crippen molar-refractivity contribution >= 4 is 0 Å². The summed E-state index contributed by atoms with van der Waals surface area (Å²) in [5.74, 6) is 0. The minimum absolute atomic E-state index is 0.106. The highest BCUT2D eigenvalue weighted by Crippen LogP contribution is 2.23. The van der Waals surface area contributed by atoms with Gasteiger partial charge in [0.25, 0.3) is 0 Å². The Bertz CT molecular complexity index is 564. The monoisotopic (exact) mass is 288 g/mol. The van der Waals surface area contributed by atoms with E-state index in [2.05, 4.69) is 20.7 Å². The number of nitrogens with one attached hydrogen (secondary N) is 2. The van der Waals surface area contributed by atoms with Gasteiger partial charge in [0.05, 0.1) is 6.61 Å². The van der Waals surface area contributed by atoms with Gasteiger partial charge in [0.1, 0.15) is 11.4 Å². The van der Waals surface area contributed by atoms with E-state index in [0.29, 0.717) is 19.8 Å². The van der Waals surface area contributed by atoms with Gasteiger partial charge < -0.3 is 15.2 Å². The van der Waals surface area contributed by atoms with Crippen molar-refractivity contribution in [3.63, 3.8) is 0 Å². The normalized spacial score (nSPS) is 17.8. The molecule has 6 heteroatoms. The molecular formula is C15H20N4O2. The standard InChI is InChI=1S/C15H20N4O2/c20-11-15(6-8-21-9-7-15)16-10-13-14(18-19-17-13)12-4-2-1-3-5-12/h1-5,16,20H,6-11H2,(H,17,18,19). The van der Waals surface area contributed by atoms with Gasteiger partial charge in [-0.3, -0.25) is 0 Å². The largest absolute Gasteiger partial charge is 0.394 e. The van der Waals surface area contributed by atoms with Gasteiger partial charge >= 0.3 is 0 Å². The van der Waals surface area contributed by atoms with E-state index in [1.807, 2.05) is 30.3 Å². The average molecular weight is 288 g/mol. The molecule has 0 saturated carbocycles. The lowest BCUT2D eigenvalue weighted by Gasteiger charge is -2.36. The van der Waals surface area contributed by atoms with Crippen LogP contribution in [0.5, 0.6) is 0 Å². The van der Waals surface area contributed by atoms with E-state index in [0.717, 1.165) is 29.8 Å². The van der Waals surface area contributed by atoms with Crippen LogP contribution in [0.4, 0.5) is 0 Å². The molecule has 0 atom stereocenters. The summed E-state index contributed by atoms with van der Waals surface area (Å²) < 4.78 is 5.37. The maximum absolute atomic E-state index is 9.69. The molecule has 0 spiro atoms. The molecule has 112 valence electrons. The second-order valence-electron chi connectivity index (χ2n) is 5.39. The van der Waals surface area contributed by atoms with Crippen molar-refractivity contribution in [1.29, 1.82) is 0 Å². The maximum atomic E-state index is 9.69. The second-order valence-corrected chi connectivity index (χ2v) is 5.39. The molecule has 3 N–H and O–H groups in total. The number of aromatic amines is 1. The first-order chi connectivity index (χ1) is 10.3. The molecule has 0 unspecified atom stereocenters. The predicted octanol–water partition coefficient (Wildman–Crippen LogP) is 1.10. The highest BCUT2D eigenvalue weighted by Gasteiger charge is 2.31. The van der Waals surface area contributed by atoms with E-state index < -0.39 is 0 Å². The number of H-pyrrole nitrogens is 1. The smallest absolute Gasteiger partial charge is 0.117 e. The van der Waals surface area contributed by atoms with Gasteiger partial charge in [-0.05, 0) is 12.8 Å². The summed E-state index contributed by atoms with van der Waals surface area (Å²) in [6, 6.07) is 9.96. The quantitative estimate of drug-likeness (QED) is 0.767. The summed E-state index contributed by atoms with van der Waals surface area (Å²) in [6.45, 7) is 2.03. The third-order valence-corrected chi connectivity index (χ3v) is 4.05. The van der Waals surface area contributed by atoms with Crippen LogP contribution >= 0.6 is 0 Å². The number of aliphatic hydroxyl groups is 1. The number of hydrogen-bond acceptors (Lipinski definition) is 5. The van der Waals surface area contributed by atoms with Crippen LogP contribution in [0.25, 0.3) is 11.3 Å². The zero-order chi connectivity index (χ0) is 14.5. The van der Waals surface area contributed by atoms with Gasteiger partial charge in [0.2, 0.25) is 0 Å². The fourth-order valence-corrected chi connectivity index (χ4v) is 2.63. The zero-order valence-electron chi connectivity index (χ0n) is 11.9. The SMILES string of the molecule is OCC1(NCc2n[nH]nc2-c2ccccc2)CCOCC1. The average Bonchev–Trinajstić information content (AvgIpc) is 3.03. The third kappa shape index (κ3) is 3.12. The van der Waals surface area contributed by atoms with Gasteiger partial charge in [-0.25, -0.2) is 0 Å². The number of hydrogen-bond donors (Lipinski definition) is 3. The summed E-state index contributed by atoms with van der Waals surface area (Å²) >= 11 is 0. The van der Waals surface area contributed by atoms with Gasteiger partial charge in [0.15, 0.2) is 0 Å². The first kappa shape index (κ1) is 14.2. The number of nitrogens with zero attached hydrogens (tertiary/aromatic N) is 2. The zero-order valence-corrected chi connectivity index (χ0v) is 11.9. The minimum atomic E-state index is -0.273. The Morgan fingerprint density at radius 1 is 1.19 bits per heavy atom. The van der Waals surface area contributed by atoms with E-state index in [9.17, 15) is 5.11 Å². The molecular weight excluding hydrogens is 268 g/mol. The van der Waals surface area contributed by atoms with Crippen molar-refractivity contribution in [1.82, 2.24) is 20.7 Å². The van der Waals surface area contributed by atoms with Crippen LogP contribution in [0.1, 0.15) is 18.5 Å². The third-order valence-electron chi connectivity index (χ3n) is 4.05. The van der Waals surface area contributed by atoms with Crippen LogP contribution < -0.4 is 5.32 Å². The molecule has 3 rings (SSSR count). The molecule has 0 aliphatic carbocycles. The van der Waals surface area contributed by atoms with Crippen molar-refractivity contribution in [2.24, 2.45) is 0 Å². The molecule has 0 amide bonds. The molecule has 6 nitrogen and oxygen atoms in total. The first-order valence-electron chi connectivity index (χ1n) is 7.22. The van der Waals surface area contributed by atoms with Crippen molar-refractivity contribution < 1.29 is 9.84 Å². The summed E-state index contributed by atoms with van der Waals surface area (Å²) in [5.41, 5.74) is 2.47. The molecule has 2 heterocycles. The highest BCUT2D eigenvalue weighted by molar-refractivity contribution is 5.60. The Balaban J connectivity index is 1.73. The van der Waals surface area contributed by atoms with Crippen LogP contribution in [0, 0.1) is 0 Å². The number of ether oxygens (including phenoxy) is 1. The van der Waals surface area contributed by atoms with Crippen LogP contribution in [-0.2, 0) is 11.3 Å². The molecule has 1 aliphatic heterocycles. The van der Waals surface area contributed by atoms with Crippen molar-refractivity contribution in [2.75, 3.05) is 19.8 Å². The Labute approximate surface area is 123 Å². The molecule has 1 saturated heterocycles. The molecule has 1 aliphatic rings. The lowest BCUT2D eigenvalue weighted by molar-refractivity contribution is 0.0110. The lowest BCUT2D eigenvalue weighted by Crippen LogP contribution is -2.51. The van der Waals surface area contributed by atoms with E-state index in [1.165, 1.54) is 0 Å². The predicted molar refractivity (Wildman–Crippen MR) is 78.5 cm³/mol. The van der Waals surface area contributed by atoms with Crippen LogP contribution in [0.15, 0.2) is 30.3 Å². The Hall–Kier alpha value is -1.76. The summed E-state index contributed by atoms with van der Waals surface area (Å²) in [4.78, 5) is 0. The lowest BCUT2D eigenvalue weighted by atomic mass is 9.91. The van der Waals surface area contributed by atoms with Crippen molar-refractivity contribution in [3.05, 3.63) is 36.0 Å². The van der Waals surface area contributed by atoms with Crippen LogP contribution in [0.2, 0.25) is 0 Å². The number of rotatable bonds is 5. The fraction of sp³-hybridized carbons (Fsp3) is 0.467. The van der Waals surface area contributed by atoms with Gasteiger partial charge in [0, 0.05) is 30.9 Å². The minimum Gasteiger partial charge on any atom is -0.394 e. The Kier molecular flexibility index (Phi) is 4.28. The maximum Gasteiger partial charge on any atom is 0.117 e. The van der Waals surface area contributed by atoms with Gasteiger partial charge in [-0.15, -0.1) is 0 Å². The Morgan fingerprint density at radius 2 is 1.95 bits per heavy atom. The summed E-state index contributed by atoms with van der Waals surface area (Å²) in [5, 5.41) is 24.3. The highest BCUT2D eigenvalue weighted by atomic mass is 16.5. The van der Waals surface area contributed by atoms with Gasteiger partial charge in [-0.1, -0.05) is 30.3 Å². The van der Waals surface area contributed by atoms with Gasteiger partial charge in [-0.2, -0.15) is 15.4 Å². The number of aliphatic hydroxyl groups excluding tert-OH is 1. The molecule has 0 radical (unpaired) electrons. The summed E-state index contributed by atoms with van der Waals surface area (Å²) in [6.07, 6.45) is 1.62. The molecule has 1 aromatic heterocycles. The van der Waals surface area contributed by atoms with Crippen LogP contribution in [-0.4, -0.2) is 45.9 Å². The summed E-state index contributed by atoms with van der Waals surface area (Å²) in [7, 11) is 0.